The zero-order valence-electron chi connectivity index (χ0n) is 11.8. The van der Waals surface area contributed by atoms with Gasteiger partial charge in [0, 0.05) is 19.4 Å². The van der Waals surface area contributed by atoms with Gasteiger partial charge in [-0.25, -0.2) is 9.97 Å². The first kappa shape index (κ1) is 14.4. The van der Waals surface area contributed by atoms with Crippen LogP contribution >= 0.6 is 23.6 Å². The van der Waals surface area contributed by atoms with Gasteiger partial charge in [-0.15, -0.1) is 5.10 Å². The summed E-state index contributed by atoms with van der Waals surface area (Å²) in [5.41, 5.74) is 0. The molecule has 1 aliphatic rings. The van der Waals surface area contributed by atoms with Gasteiger partial charge in [-0.2, -0.15) is 4.68 Å². The van der Waals surface area contributed by atoms with Crippen molar-refractivity contribution >= 4 is 34.6 Å². The maximum absolute atomic E-state index is 5.34. The average Bonchev–Trinajstić information content (AvgIpc) is 2.89. The van der Waals surface area contributed by atoms with E-state index in [9.17, 15) is 0 Å². The molecule has 0 spiro atoms. The Bertz CT molecular complexity index is 631. The van der Waals surface area contributed by atoms with E-state index in [2.05, 4.69) is 25.3 Å². The monoisotopic (exact) mass is 324 g/mol. The van der Waals surface area contributed by atoms with Crippen molar-refractivity contribution in [1.82, 2.24) is 19.7 Å². The molecule has 3 heterocycles. The topological polar surface area (TPSA) is 63.3 Å². The van der Waals surface area contributed by atoms with Crippen molar-refractivity contribution in [2.75, 3.05) is 43.4 Å². The van der Waals surface area contributed by atoms with E-state index in [-0.39, 0.29) is 0 Å². The molecule has 2 N–H and O–H groups in total. The Morgan fingerprint density at radius 1 is 1.33 bits per heavy atom. The molecule has 112 valence electrons. The molecule has 3 rings (SSSR count). The highest BCUT2D eigenvalue weighted by atomic mass is 32.1. The maximum atomic E-state index is 5.34. The van der Waals surface area contributed by atoms with E-state index in [1.807, 2.05) is 17.8 Å². The van der Waals surface area contributed by atoms with Crippen LogP contribution in [0, 0.1) is 3.95 Å². The zero-order chi connectivity index (χ0) is 14.7. The minimum atomic E-state index is 0.819. The third-order valence-electron chi connectivity index (χ3n) is 3.50. The lowest BCUT2D eigenvalue weighted by molar-refractivity contribution is -0.924. The van der Waals surface area contributed by atoms with Crippen LogP contribution in [0.4, 0.5) is 11.1 Å². The molecule has 0 amide bonds. The van der Waals surface area contributed by atoms with Gasteiger partial charge >= 0.3 is 0 Å². The number of nitrogens with one attached hydrogen (secondary N) is 2. The Morgan fingerprint density at radius 3 is 2.67 bits per heavy atom. The Kier molecular flexibility index (Phi) is 4.42. The molecule has 0 radical (unpaired) electrons. The summed E-state index contributed by atoms with van der Waals surface area (Å²) in [6, 6.07) is 1.84. The molecule has 0 unspecified atom stereocenters. The predicted molar refractivity (Wildman–Crippen MR) is 85.4 cm³/mol. The Morgan fingerprint density at radius 2 is 2.05 bits per heavy atom. The van der Waals surface area contributed by atoms with E-state index >= 15 is 0 Å². The number of hydrogen-bond donors (Lipinski definition) is 2. The molecule has 1 aliphatic heterocycles. The van der Waals surface area contributed by atoms with Crippen molar-refractivity contribution in [2.24, 2.45) is 0 Å². The zero-order valence-corrected chi connectivity index (χ0v) is 13.5. The smallest absolute Gasteiger partial charge is 0.225 e. The molecule has 21 heavy (non-hydrogen) atoms. The highest BCUT2D eigenvalue weighted by molar-refractivity contribution is 7.73. The van der Waals surface area contributed by atoms with Gasteiger partial charge in [-0.05, 0) is 18.3 Å². The molecule has 1 saturated heterocycles. The van der Waals surface area contributed by atoms with Gasteiger partial charge in [0.15, 0.2) is 10.6 Å². The number of nitrogens with zero attached hydrogens (tertiary/aromatic N) is 5. The van der Waals surface area contributed by atoms with E-state index in [4.69, 9.17) is 12.2 Å². The summed E-state index contributed by atoms with van der Waals surface area (Å²) in [6.45, 7) is 4.80. The molecule has 0 aromatic carbocycles. The van der Waals surface area contributed by atoms with Gasteiger partial charge in [0.2, 0.25) is 11.1 Å². The number of rotatable bonds is 4. The molecular weight excluding hydrogens is 306 g/mol. The lowest BCUT2D eigenvalue weighted by Gasteiger charge is -2.31. The summed E-state index contributed by atoms with van der Waals surface area (Å²) in [5.74, 6) is 0.819. The summed E-state index contributed by atoms with van der Waals surface area (Å²) in [5, 5.41) is 8.37. The highest BCUT2D eigenvalue weighted by Crippen LogP contribution is 2.12. The second-order valence-electron chi connectivity index (χ2n) is 4.87. The number of hydrogen-bond acceptors (Lipinski definition) is 7. The summed E-state index contributed by atoms with van der Waals surface area (Å²) >= 11 is 6.85. The van der Waals surface area contributed by atoms with Crippen molar-refractivity contribution in [3.05, 3.63) is 22.4 Å². The SMILES string of the molecule is CNc1nn(C[NH+]2CCN(c3ncccn3)CC2)c(=S)s1. The standard InChI is InChI=1S/C12H17N7S2/c1-13-11-16-19(12(20)21-11)9-17-5-7-18(8-6-17)10-14-3-2-4-15-10/h2-4H,5-9H2,1H3,(H,13,16)/p+1. The molecule has 0 atom stereocenters. The molecule has 7 nitrogen and oxygen atoms in total. The van der Waals surface area contributed by atoms with Crippen molar-refractivity contribution in [3.8, 4) is 0 Å². The fourth-order valence-electron chi connectivity index (χ4n) is 2.35. The first-order valence-electron chi connectivity index (χ1n) is 6.87. The Labute approximate surface area is 132 Å². The largest absolute Gasteiger partial charge is 0.363 e. The highest BCUT2D eigenvalue weighted by Gasteiger charge is 2.22. The van der Waals surface area contributed by atoms with Crippen LogP contribution in [0.5, 0.6) is 0 Å². The number of piperazine rings is 1. The normalized spacial score (nSPS) is 16.1. The number of anilines is 2. The van der Waals surface area contributed by atoms with E-state index in [1.165, 1.54) is 16.2 Å². The van der Waals surface area contributed by atoms with Gasteiger partial charge in [0.25, 0.3) is 0 Å². The van der Waals surface area contributed by atoms with Gasteiger partial charge in [-0.1, -0.05) is 11.3 Å². The minimum Gasteiger partial charge on any atom is -0.363 e. The maximum Gasteiger partial charge on any atom is 0.225 e. The second-order valence-corrected chi connectivity index (χ2v) is 6.49. The number of quaternary nitrogens is 1. The van der Waals surface area contributed by atoms with Crippen LogP contribution in [0.2, 0.25) is 0 Å². The molecular formula is C12H18N7S2+. The summed E-state index contributed by atoms with van der Waals surface area (Å²) < 4.78 is 2.73. The van der Waals surface area contributed by atoms with Gasteiger partial charge < -0.3 is 15.1 Å². The van der Waals surface area contributed by atoms with E-state index in [0.717, 1.165) is 47.9 Å². The van der Waals surface area contributed by atoms with Crippen molar-refractivity contribution in [3.63, 3.8) is 0 Å². The predicted octanol–water partition coefficient (Wildman–Crippen LogP) is -0.132. The van der Waals surface area contributed by atoms with Crippen molar-refractivity contribution < 1.29 is 4.90 Å². The third kappa shape index (κ3) is 3.36. The van der Waals surface area contributed by atoms with Crippen LogP contribution in [0.25, 0.3) is 0 Å². The van der Waals surface area contributed by atoms with Gasteiger partial charge in [0.05, 0.1) is 26.2 Å². The van der Waals surface area contributed by atoms with Crippen LogP contribution in [-0.2, 0) is 6.67 Å². The van der Waals surface area contributed by atoms with Gasteiger partial charge in [-0.3, -0.25) is 0 Å². The molecule has 0 bridgehead atoms. The van der Waals surface area contributed by atoms with Crippen LogP contribution in [0.15, 0.2) is 18.5 Å². The first-order valence-corrected chi connectivity index (χ1v) is 8.10. The number of aromatic nitrogens is 4. The first-order chi connectivity index (χ1) is 10.3. The van der Waals surface area contributed by atoms with E-state index < -0.39 is 0 Å². The van der Waals surface area contributed by atoms with Gasteiger partial charge in [0.1, 0.15) is 0 Å². The van der Waals surface area contributed by atoms with Crippen LogP contribution in [0.1, 0.15) is 0 Å². The fourth-order valence-corrected chi connectivity index (χ4v) is 3.31. The van der Waals surface area contributed by atoms with E-state index in [0.29, 0.717) is 0 Å². The van der Waals surface area contributed by atoms with Crippen LogP contribution in [-0.4, -0.2) is 53.0 Å². The molecule has 2 aromatic heterocycles. The van der Waals surface area contributed by atoms with Crippen LogP contribution in [0.3, 0.4) is 0 Å². The Hall–Kier alpha value is -1.58. The summed E-state index contributed by atoms with van der Waals surface area (Å²) in [7, 11) is 1.86. The molecule has 2 aromatic rings. The molecule has 9 heteroatoms. The minimum absolute atomic E-state index is 0.819. The third-order valence-corrected chi connectivity index (χ3v) is 4.82. The summed E-state index contributed by atoms with van der Waals surface area (Å²) in [4.78, 5) is 12.3. The lowest BCUT2D eigenvalue weighted by Crippen LogP contribution is -3.14. The summed E-state index contributed by atoms with van der Waals surface area (Å²) in [6.07, 6.45) is 3.57. The Balaban J connectivity index is 1.58. The van der Waals surface area contributed by atoms with Crippen molar-refractivity contribution in [1.29, 1.82) is 0 Å². The molecule has 1 fully saturated rings. The molecule has 0 aliphatic carbocycles. The average molecular weight is 324 g/mol. The van der Waals surface area contributed by atoms with Crippen LogP contribution < -0.4 is 15.1 Å². The lowest BCUT2D eigenvalue weighted by atomic mass is 10.3. The second kappa shape index (κ2) is 6.46. The van der Waals surface area contributed by atoms with Crippen molar-refractivity contribution in [2.45, 2.75) is 6.67 Å². The quantitative estimate of drug-likeness (QED) is 0.764. The fraction of sp³-hybridized carbons (Fsp3) is 0.500. The molecule has 0 saturated carbocycles. The van der Waals surface area contributed by atoms with E-state index in [1.54, 1.807) is 12.4 Å².